The molecule has 4 rings (SSSR count). The molecule has 1 fully saturated rings. The van der Waals surface area contributed by atoms with Crippen LogP contribution in [0.25, 0.3) is 0 Å². The molecule has 2 aliphatic heterocycles. The van der Waals surface area contributed by atoms with E-state index in [4.69, 9.17) is 21.1 Å². The maximum absolute atomic E-state index is 12.7. The number of rotatable bonds is 4. The summed E-state index contributed by atoms with van der Waals surface area (Å²) in [7, 11) is 0. The number of hydrogen-bond acceptors (Lipinski definition) is 5. The number of para-hydroxylation sites is 1. The third-order valence-corrected chi connectivity index (χ3v) is 5.56. The van der Waals surface area contributed by atoms with Crippen LogP contribution in [-0.2, 0) is 4.79 Å². The van der Waals surface area contributed by atoms with Crippen molar-refractivity contribution in [2.24, 2.45) is 0 Å². The molecule has 0 aromatic heterocycles. The molecule has 0 spiro atoms. The van der Waals surface area contributed by atoms with E-state index in [9.17, 15) is 4.79 Å². The fraction of sp³-hybridized carbons (Fsp3) is 0.381. The predicted octanol–water partition coefficient (Wildman–Crippen LogP) is 3.26. The molecule has 1 unspecified atom stereocenters. The van der Waals surface area contributed by atoms with E-state index in [0.29, 0.717) is 24.7 Å². The van der Waals surface area contributed by atoms with E-state index in [2.05, 4.69) is 15.1 Å². The van der Waals surface area contributed by atoms with Crippen molar-refractivity contribution in [3.05, 3.63) is 47.5 Å². The van der Waals surface area contributed by atoms with Gasteiger partial charge in [-0.2, -0.15) is 0 Å². The molecule has 1 N–H and O–H groups in total. The van der Waals surface area contributed by atoms with Gasteiger partial charge in [-0.3, -0.25) is 9.69 Å². The van der Waals surface area contributed by atoms with Crippen molar-refractivity contribution in [1.82, 2.24) is 4.90 Å². The minimum atomic E-state index is -0.221. The van der Waals surface area contributed by atoms with Crippen molar-refractivity contribution in [2.75, 3.05) is 49.6 Å². The standard InChI is InChI=1S/C21H24ClN3O3/c1-15(21(26)23-16-6-7-19-20(14-16)28-13-12-27-19)24-8-10-25(11-9-24)18-5-3-2-4-17(18)22/h2-7,14-15H,8-13H2,1H3,(H,23,26). The van der Waals surface area contributed by atoms with Gasteiger partial charge < -0.3 is 19.7 Å². The van der Waals surface area contributed by atoms with Crippen LogP contribution >= 0.6 is 11.6 Å². The van der Waals surface area contributed by atoms with Gasteiger partial charge in [-0.1, -0.05) is 23.7 Å². The molecule has 0 saturated carbocycles. The normalized spacial score (nSPS) is 17.9. The maximum atomic E-state index is 12.7. The average molecular weight is 402 g/mol. The molecular weight excluding hydrogens is 378 g/mol. The zero-order valence-corrected chi connectivity index (χ0v) is 16.6. The summed E-state index contributed by atoms with van der Waals surface area (Å²) < 4.78 is 11.1. The molecule has 2 aromatic carbocycles. The second-order valence-electron chi connectivity index (χ2n) is 7.00. The lowest BCUT2D eigenvalue weighted by Crippen LogP contribution is -2.52. The third-order valence-electron chi connectivity index (χ3n) is 5.24. The molecule has 1 atom stereocenters. The van der Waals surface area contributed by atoms with Gasteiger partial charge in [-0.15, -0.1) is 0 Å². The van der Waals surface area contributed by atoms with Crippen LogP contribution in [0.1, 0.15) is 6.92 Å². The second kappa shape index (κ2) is 8.29. The Hall–Kier alpha value is -2.44. The molecule has 2 aromatic rings. The smallest absolute Gasteiger partial charge is 0.241 e. The molecule has 2 heterocycles. The van der Waals surface area contributed by atoms with Gasteiger partial charge in [-0.25, -0.2) is 0 Å². The number of nitrogens with zero attached hydrogens (tertiary/aromatic N) is 2. The number of fused-ring (bicyclic) bond motifs is 1. The third kappa shape index (κ3) is 4.03. The van der Waals surface area contributed by atoms with Gasteiger partial charge in [0.25, 0.3) is 0 Å². The highest BCUT2D eigenvalue weighted by Crippen LogP contribution is 2.32. The van der Waals surface area contributed by atoms with Crippen LogP contribution in [0.15, 0.2) is 42.5 Å². The zero-order valence-electron chi connectivity index (χ0n) is 15.9. The minimum absolute atomic E-state index is 0.0251. The fourth-order valence-corrected chi connectivity index (χ4v) is 3.85. The predicted molar refractivity (Wildman–Crippen MR) is 111 cm³/mol. The van der Waals surface area contributed by atoms with Crippen LogP contribution in [0.3, 0.4) is 0 Å². The highest BCUT2D eigenvalue weighted by molar-refractivity contribution is 6.33. The molecule has 2 aliphatic rings. The summed E-state index contributed by atoms with van der Waals surface area (Å²) in [4.78, 5) is 17.2. The topological polar surface area (TPSA) is 54.0 Å². The Morgan fingerprint density at radius 1 is 1.04 bits per heavy atom. The van der Waals surface area contributed by atoms with E-state index in [1.165, 1.54) is 0 Å². The van der Waals surface area contributed by atoms with Crippen LogP contribution in [0, 0.1) is 0 Å². The summed E-state index contributed by atoms with van der Waals surface area (Å²) in [5.41, 5.74) is 1.77. The molecule has 0 aliphatic carbocycles. The lowest BCUT2D eigenvalue weighted by molar-refractivity contribution is -0.120. The number of amides is 1. The Labute approximate surface area is 170 Å². The summed E-state index contributed by atoms with van der Waals surface area (Å²) >= 11 is 6.31. The first-order valence-electron chi connectivity index (χ1n) is 9.56. The summed E-state index contributed by atoms with van der Waals surface area (Å²) in [6, 6.07) is 13.1. The summed E-state index contributed by atoms with van der Waals surface area (Å²) in [5.74, 6) is 1.36. The van der Waals surface area contributed by atoms with Crippen molar-refractivity contribution in [2.45, 2.75) is 13.0 Å². The van der Waals surface area contributed by atoms with E-state index in [-0.39, 0.29) is 11.9 Å². The van der Waals surface area contributed by atoms with E-state index < -0.39 is 0 Å². The monoisotopic (exact) mass is 401 g/mol. The van der Waals surface area contributed by atoms with Crippen LogP contribution in [0.4, 0.5) is 11.4 Å². The summed E-state index contributed by atoms with van der Waals surface area (Å²) in [6.07, 6.45) is 0. The fourth-order valence-electron chi connectivity index (χ4n) is 3.59. The Bertz CT molecular complexity index is 853. The van der Waals surface area contributed by atoms with E-state index in [1.807, 2.05) is 49.4 Å². The largest absolute Gasteiger partial charge is 0.486 e. The van der Waals surface area contributed by atoms with Crippen LogP contribution in [0.2, 0.25) is 5.02 Å². The molecule has 1 saturated heterocycles. The summed E-state index contributed by atoms with van der Waals surface area (Å²) in [5, 5.41) is 3.75. The van der Waals surface area contributed by atoms with E-state index in [1.54, 1.807) is 0 Å². The zero-order chi connectivity index (χ0) is 19.5. The van der Waals surface area contributed by atoms with Crippen molar-refractivity contribution in [3.63, 3.8) is 0 Å². The van der Waals surface area contributed by atoms with Crippen molar-refractivity contribution in [3.8, 4) is 11.5 Å². The number of hydrogen-bond donors (Lipinski definition) is 1. The van der Waals surface area contributed by atoms with Crippen LogP contribution < -0.4 is 19.7 Å². The number of ether oxygens (including phenoxy) is 2. The number of anilines is 2. The molecule has 0 radical (unpaired) electrons. The van der Waals surface area contributed by atoms with Crippen LogP contribution in [-0.4, -0.2) is 56.2 Å². The number of piperazine rings is 1. The molecular formula is C21H24ClN3O3. The first-order valence-corrected chi connectivity index (χ1v) is 9.93. The van der Waals surface area contributed by atoms with Gasteiger partial charge in [0.2, 0.25) is 5.91 Å². The first kappa shape index (κ1) is 18.9. The first-order chi connectivity index (χ1) is 13.6. The molecule has 1 amide bonds. The Morgan fingerprint density at radius 2 is 1.75 bits per heavy atom. The SMILES string of the molecule is CC(C(=O)Nc1ccc2c(c1)OCCO2)N1CCN(c2ccccc2Cl)CC1. The van der Waals surface area contributed by atoms with Gasteiger partial charge in [0.05, 0.1) is 16.8 Å². The molecule has 0 bridgehead atoms. The summed E-state index contributed by atoms with van der Waals surface area (Å²) in [6.45, 7) is 6.31. The lowest BCUT2D eigenvalue weighted by Gasteiger charge is -2.38. The number of benzene rings is 2. The van der Waals surface area contributed by atoms with Gasteiger partial charge in [0.15, 0.2) is 11.5 Å². The van der Waals surface area contributed by atoms with Crippen molar-refractivity contribution >= 4 is 28.9 Å². The number of carbonyl (C=O) groups is 1. The molecule has 7 heteroatoms. The minimum Gasteiger partial charge on any atom is -0.486 e. The Balaban J connectivity index is 1.34. The average Bonchev–Trinajstić information content (AvgIpc) is 2.73. The highest BCUT2D eigenvalue weighted by atomic mass is 35.5. The highest BCUT2D eigenvalue weighted by Gasteiger charge is 2.26. The van der Waals surface area contributed by atoms with Crippen molar-refractivity contribution in [1.29, 1.82) is 0 Å². The van der Waals surface area contributed by atoms with Crippen molar-refractivity contribution < 1.29 is 14.3 Å². The van der Waals surface area contributed by atoms with Gasteiger partial charge in [0.1, 0.15) is 13.2 Å². The van der Waals surface area contributed by atoms with E-state index >= 15 is 0 Å². The van der Waals surface area contributed by atoms with E-state index in [0.717, 1.165) is 42.6 Å². The maximum Gasteiger partial charge on any atom is 0.241 e. The second-order valence-corrected chi connectivity index (χ2v) is 7.41. The Kier molecular flexibility index (Phi) is 5.59. The number of halogens is 1. The number of nitrogens with one attached hydrogen (secondary N) is 1. The number of carbonyl (C=O) groups excluding carboxylic acids is 1. The van der Waals surface area contributed by atoms with Crippen LogP contribution in [0.5, 0.6) is 11.5 Å². The Morgan fingerprint density at radius 3 is 2.50 bits per heavy atom. The lowest BCUT2D eigenvalue weighted by atomic mass is 10.2. The quantitative estimate of drug-likeness (QED) is 0.852. The van der Waals surface area contributed by atoms with Gasteiger partial charge in [-0.05, 0) is 31.2 Å². The molecule has 148 valence electrons. The molecule has 28 heavy (non-hydrogen) atoms. The van der Waals surface area contributed by atoms with Gasteiger partial charge >= 0.3 is 0 Å². The van der Waals surface area contributed by atoms with Gasteiger partial charge in [0, 0.05) is 37.9 Å². The molecule has 6 nitrogen and oxygen atoms in total.